The molecule has 6 aromatic carbocycles. The molecular formula is C49H48N2O2. The second-order valence-electron chi connectivity index (χ2n) is 17.0. The van der Waals surface area contributed by atoms with Crippen LogP contribution in [0.4, 0.5) is 11.4 Å². The van der Waals surface area contributed by atoms with Crippen LogP contribution in [0.5, 0.6) is 11.5 Å². The number of fused-ring (bicyclic) bond motifs is 5. The van der Waals surface area contributed by atoms with Gasteiger partial charge in [-0.2, -0.15) is 0 Å². The Labute approximate surface area is 314 Å². The molecule has 2 heterocycles. The Morgan fingerprint density at radius 3 is 1.26 bits per heavy atom. The van der Waals surface area contributed by atoms with Crippen molar-refractivity contribution in [2.45, 2.75) is 70.9 Å². The van der Waals surface area contributed by atoms with Gasteiger partial charge >= 0.3 is 0 Å². The SMILES string of the molecule is CC(C)(C)c1ccc2c(c1)CN(c1ccc(C3(c4ccc(N5COc6ccc(C(C)(C)C)cc6C5)cc4)c4ccccc4-c4ccccc43)cc1)CO2. The first kappa shape index (κ1) is 33.4. The van der Waals surface area contributed by atoms with E-state index in [4.69, 9.17) is 9.47 Å². The van der Waals surface area contributed by atoms with Gasteiger partial charge in [-0.3, -0.25) is 0 Å². The highest BCUT2D eigenvalue weighted by Gasteiger charge is 2.46. The zero-order valence-corrected chi connectivity index (χ0v) is 31.7. The first-order valence-electron chi connectivity index (χ1n) is 18.9. The molecule has 0 unspecified atom stereocenters. The van der Waals surface area contributed by atoms with Gasteiger partial charge in [0.2, 0.25) is 0 Å². The largest absolute Gasteiger partial charge is 0.473 e. The summed E-state index contributed by atoms with van der Waals surface area (Å²) < 4.78 is 12.6. The third kappa shape index (κ3) is 5.58. The minimum absolute atomic E-state index is 0.0858. The Bertz CT molecular complexity index is 2160. The normalized spacial score (nSPS) is 15.8. The van der Waals surface area contributed by atoms with Gasteiger partial charge in [0.25, 0.3) is 0 Å². The van der Waals surface area contributed by atoms with Gasteiger partial charge < -0.3 is 19.3 Å². The van der Waals surface area contributed by atoms with Crippen LogP contribution in [-0.2, 0) is 29.3 Å². The molecule has 9 rings (SSSR count). The molecule has 0 saturated heterocycles. The van der Waals surface area contributed by atoms with Crippen LogP contribution in [0.15, 0.2) is 133 Å². The maximum absolute atomic E-state index is 6.28. The fraction of sp³-hybridized carbons (Fsp3) is 0.265. The molecule has 0 fully saturated rings. The molecular weight excluding hydrogens is 649 g/mol. The lowest BCUT2D eigenvalue weighted by Crippen LogP contribution is -2.33. The van der Waals surface area contributed by atoms with Crippen LogP contribution in [0.3, 0.4) is 0 Å². The van der Waals surface area contributed by atoms with E-state index >= 15 is 0 Å². The summed E-state index contributed by atoms with van der Waals surface area (Å²) in [5.74, 6) is 1.98. The number of nitrogens with zero attached hydrogens (tertiary/aromatic N) is 2. The predicted octanol–water partition coefficient (Wildman–Crippen LogP) is 11.4. The van der Waals surface area contributed by atoms with Gasteiger partial charge in [0.1, 0.15) is 11.5 Å². The van der Waals surface area contributed by atoms with Gasteiger partial charge in [-0.25, -0.2) is 0 Å². The molecule has 4 nitrogen and oxygen atoms in total. The first-order valence-corrected chi connectivity index (χ1v) is 18.9. The summed E-state index contributed by atoms with van der Waals surface area (Å²) in [6, 6.07) is 49.7. The quantitative estimate of drug-likeness (QED) is 0.183. The zero-order chi connectivity index (χ0) is 36.5. The summed E-state index contributed by atoms with van der Waals surface area (Å²) in [5.41, 5.74) is 14.9. The summed E-state index contributed by atoms with van der Waals surface area (Å²) in [4.78, 5) is 4.67. The molecule has 0 aromatic heterocycles. The summed E-state index contributed by atoms with van der Waals surface area (Å²) in [7, 11) is 0. The van der Waals surface area contributed by atoms with Crippen LogP contribution in [0.25, 0.3) is 11.1 Å². The Morgan fingerprint density at radius 2 is 0.868 bits per heavy atom. The fourth-order valence-corrected chi connectivity index (χ4v) is 8.62. The van der Waals surface area contributed by atoms with Gasteiger partial charge in [-0.05, 0) is 104 Å². The average molecular weight is 697 g/mol. The fourth-order valence-electron chi connectivity index (χ4n) is 8.62. The van der Waals surface area contributed by atoms with Crippen molar-refractivity contribution < 1.29 is 9.47 Å². The summed E-state index contributed by atoms with van der Waals surface area (Å²) in [6.45, 7) is 16.3. The van der Waals surface area contributed by atoms with E-state index in [2.05, 4.69) is 185 Å². The van der Waals surface area contributed by atoms with Crippen LogP contribution in [0, 0.1) is 0 Å². The monoisotopic (exact) mass is 696 g/mol. The summed E-state index contributed by atoms with van der Waals surface area (Å²) in [5, 5.41) is 0. The third-order valence-corrected chi connectivity index (χ3v) is 11.6. The average Bonchev–Trinajstić information content (AvgIpc) is 3.47. The van der Waals surface area contributed by atoms with E-state index in [0.29, 0.717) is 13.5 Å². The Morgan fingerprint density at radius 1 is 0.472 bits per heavy atom. The van der Waals surface area contributed by atoms with E-state index in [0.717, 1.165) is 36.0 Å². The molecule has 6 aromatic rings. The lowest BCUT2D eigenvalue weighted by atomic mass is 9.67. The molecule has 0 N–H and O–H groups in total. The lowest BCUT2D eigenvalue weighted by Gasteiger charge is -2.36. The minimum atomic E-state index is -0.469. The molecule has 1 aliphatic carbocycles. The van der Waals surface area contributed by atoms with E-state index < -0.39 is 5.41 Å². The van der Waals surface area contributed by atoms with E-state index in [-0.39, 0.29) is 10.8 Å². The van der Waals surface area contributed by atoms with E-state index in [1.807, 2.05) is 0 Å². The van der Waals surface area contributed by atoms with E-state index in [1.54, 1.807) is 0 Å². The van der Waals surface area contributed by atoms with Crippen molar-refractivity contribution in [1.82, 2.24) is 0 Å². The molecule has 0 saturated carbocycles. The molecule has 53 heavy (non-hydrogen) atoms. The number of hydrogen-bond donors (Lipinski definition) is 0. The van der Waals surface area contributed by atoms with Crippen molar-refractivity contribution in [2.75, 3.05) is 23.3 Å². The number of ether oxygens (including phenoxy) is 2. The molecule has 3 aliphatic rings. The molecule has 2 aliphatic heterocycles. The Kier molecular flexibility index (Phi) is 7.74. The highest BCUT2D eigenvalue weighted by Crippen LogP contribution is 2.56. The molecule has 0 spiro atoms. The van der Waals surface area contributed by atoms with Gasteiger partial charge in [0.05, 0.1) is 5.41 Å². The third-order valence-electron chi connectivity index (χ3n) is 11.6. The van der Waals surface area contributed by atoms with Gasteiger partial charge in [0.15, 0.2) is 13.5 Å². The van der Waals surface area contributed by atoms with Crippen molar-refractivity contribution in [1.29, 1.82) is 0 Å². The lowest BCUT2D eigenvalue weighted by molar-refractivity contribution is 0.289. The van der Waals surface area contributed by atoms with Gasteiger partial charge in [0, 0.05) is 35.6 Å². The van der Waals surface area contributed by atoms with Crippen molar-refractivity contribution in [3.8, 4) is 22.6 Å². The molecule has 4 heteroatoms. The van der Waals surface area contributed by atoms with Crippen molar-refractivity contribution in [2.24, 2.45) is 0 Å². The minimum Gasteiger partial charge on any atom is -0.473 e. The molecule has 0 atom stereocenters. The number of rotatable bonds is 4. The highest BCUT2D eigenvalue weighted by atomic mass is 16.5. The predicted molar refractivity (Wildman–Crippen MR) is 217 cm³/mol. The maximum Gasteiger partial charge on any atom is 0.161 e. The Hall–Kier alpha value is -5.48. The van der Waals surface area contributed by atoms with Crippen molar-refractivity contribution >= 4 is 11.4 Å². The smallest absolute Gasteiger partial charge is 0.161 e. The van der Waals surface area contributed by atoms with Crippen LogP contribution in [0.2, 0.25) is 0 Å². The molecule has 0 bridgehead atoms. The van der Waals surface area contributed by atoms with E-state index in [1.165, 1.54) is 55.6 Å². The number of anilines is 2. The molecule has 266 valence electrons. The van der Waals surface area contributed by atoms with Gasteiger partial charge in [-0.15, -0.1) is 0 Å². The summed E-state index contributed by atoms with van der Waals surface area (Å²) in [6.07, 6.45) is 0. The standard InChI is InChI=1S/C49H48N2O2/c1-47(2,3)37-19-25-45-33(27-37)29-50(31-52-45)39-21-15-35(16-22-39)49(43-13-9-7-11-41(43)42-12-8-10-14-44(42)49)36-17-23-40(24-18-36)51-30-34-28-38(48(4,5)6)20-26-46(34)53-32-51/h7-28H,29-32H2,1-6H3. The highest BCUT2D eigenvalue weighted by molar-refractivity contribution is 5.86. The zero-order valence-electron chi connectivity index (χ0n) is 31.7. The number of benzene rings is 6. The first-order chi connectivity index (χ1) is 25.5. The van der Waals surface area contributed by atoms with Crippen LogP contribution in [-0.4, -0.2) is 13.5 Å². The Balaban J connectivity index is 1.09. The topological polar surface area (TPSA) is 24.9 Å². The second kappa shape index (κ2) is 12.3. The van der Waals surface area contributed by atoms with Gasteiger partial charge in [-0.1, -0.05) is 126 Å². The summed E-state index contributed by atoms with van der Waals surface area (Å²) >= 11 is 0. The molecule has 0 radical (unpaired) electrons. The van der Waals surface area contributed by atoms with Crippen LogP contribution in [0.1, 0.15) is 86.1 Å². The van der Waals surface area contributed by atoms with Crippen molar-refractivity contribution in [3.63, 3.8) is 0 Å². The molecule has 0 amide bonds. The second-order valence-corrected chi connectivity index (χ2v) is 17.0. The van der Waals surface area contributed by atoms with Crippen molar-refractivity contribution in [3.05, 3.63) is 178 Å². The van der Waals surface area contributed by atoms with E-state index in [9.17, 15) is 0 Å². The number of hydrogen-bond acceptors (Lipinski definition) is 4. The van der Waals surface area contributed by atoms with Crippen LogP contribution < -0.4 is 19.3 Å². The van der Waals surface area contributed by atoms with Crippen LogP contribution >= 0.6 is 0 Å². The maximum atomic E-state index is 6.28.